The zero-order valence-corrected chi connectivity index (χ0v) is 8.60. The maximum atomic E-state index is 11.3. The molecule has 1 aromatic rings. The first-order chi connectivity index (χ1) is 6.74. The van der Waals surface area contributed by atoms with Crippen molar-refractivity contribution in [2.75, 3.05) is 20.1 Å². The minimum atomic E-state index is -0.0346. The van der Waals surface area contributed by atoms with E-state index in [1.807, 2.05) is 17.7 Å². The van der Waals surface area contributed by atoms with E-state index in [2.05, 4.69) is 10.3 Å². The van der Waals surface area contributed by atoms with Crippen LogP contribution in [-0.4, -0.2) is 40.6 Å². The van der Waals surface area contributed by atoms with E-state index in [1.54, 1.807) is 24.5 Å². The highest BCUT2D eigenvalue weighted by Crippen LogP contribution is 1.85. The van der Waals surface area contributed by atoms with Gasteiger partial charge in [0.25, 0.3) is 0 Å². The second kappa shape index (κ2) is 5.26. The standard InChI is InChI=1S/C9H16N4O/c1-3-12(2)9(14)11-5-7-13-6-4-10-8-13/h4,6,8H,3,5,7H2,1-2H3,(H,11,14). The summed E-state index contributed by atoms with van der Waals surface area (Å²) in [6, 6.07) is -0.0346. The highest BCUT2D eigenvalue weighted by atomic mass is 16.2. The van der Waals surface area contributed by atoms with Crippen LogP contribution < -0.4 is 5.32 Å². The number of aromatic nitrogens is 2. The number of hydrogen-bond donors (Lipinski definition) is 1. The van der Waals surface area contributed by atoms with Crippen LogP contribution in [0.3, 0.4) is 0 Å². The third-order valence-corrected chi connectivity index (χ3v) is 2.03. The first-order valence-corrected chi connectivity index (χ1v) is 4.68. The molecule has 1 N–H and O–H groups in total. The van der Waals surface area contributed by atoms with Crippen molar-refractivity contribution in [1.29, 1.82) is 0 Å². The fraction of sp³-hybridized carbons (Fsp3) is 0.556. The third kappa shape index (κ3) is 3.08. The van der Waals surface area contributed by atoms with E-state index < -0.39 is 0 Å². The van der Waals surface area contributed by atoms with Crippen molar-refractivity contribution in [3.05, 3.63) is 18.7 Å². The predicted molar refractivity (Wildman–Crippen MR) is 53.9 cm³/mol. The monoisotopic (exact) mass is 196 g/mol. The average molecular weight is 196 g/mol. The number of nitrogens with one attached hydrogen (secondary N) is 1. The maximum absolute atomic E-state index is 11.3. The number of urea groups is 1. The molecule has 0 spiro atoms. The molecule has 0 aromatic carbocycles. The minimum absolute atomic E-state index is 0.0346. The van der Waals surface area contributed by atoms with Crippen LogP contribution in [-0.2, 0) is 6.54 Å². The van der Waals surface area contributed by atoms with Gasteiger partial charge in [-0.05, 0) is 6.92 Å². The van der Waals surface area contributed by atoms with Gasteiger partial charge in [0.05, 0.1) is 6.33 Å². The van der Waals surface area contributed by atoms with Crippen LogP contribution in [0.4, 0.5) is 4.79 Å². The Hall–Kier alpha value is -1.52. The number of carbonyl (C=O) groups excluding carboxylic acids is 1. The summed E-state index contributed by atoms with van der Waals surface area (Å²) in [5.74, 6) is 0. The van der Waals surface area contributed by atoms with Crippen molar-refractivity contribution in [1.82, 2.24) is 19.8 Å². The highest BCUT2D eigenvalue weighted by Gasteiger charge is 2.03. The number of nitrogens with zero attached hydrogens (tertiary/aromatic N) is 3. The molecule has 0 radical (unpaired) electrons. The topological polar surface area (TPSA) is 50.2 Å². The summed E-state index contributed by atoms with van der Waals surface area (Å²) in [5.41, 5.74) is 0. The Morgan fingerprint density at radius 1 is 1.64 bits per heavy atom. The van der Waals surface area contributed by atoms with Gasteiger partial charge >= 0.3 is 6.03 Å². The Morgan fingerprint density at radius 2 is 2.43 bits per heavy atom. The molecule has 5 heteroatoms. The molecule has 0 fully saturated rings. The normalized spacial score (nSPS) is 9.86. The number of carbonyl (C=O) groups is 1. The zero-order valence-electron chi connectivity index (χ0n) is 8.60. The van der Waals surface area contributed by atoms with Gasteiger partial charge < -0.3 is 14.8 Å². The van der Waals surface area contributed by atoms with Crippen LogP contribution in [0.2, 0.25) is 0 Å². The maximum Gasteiger partial charge on any atom is 0.317 e. The molecule has 0 saturated carbocycles. The van der Waals surface area contributed by atoms with Gasteiger partial charge in [-0.1, -0.05) is 0 Å². The van der Waals surface area contributed by atoms with Crippen molar-refractivity contribution in [3.63, 3.8) is 0 Å². The smallest absolute Gasteiger partial charge is 0.317 e. The van der Waals surface area contributed by atoms with Crippen molar-refractivity contribution in [2.45, 2.75) is 13.5 Å². The Labute approximate surface area is 83.7 Å². The van der Waals surface area contributed by atoms with Crippen LogP contribution in [0, 0.1) is 0 Å². The summed E-state index contributed by atoms with van der Waals surface area (Å²) in [6.45, 7) is 4.04. The van der Waals surface area contributed by atoms with Gasteiger partial charge in [0.15, 0.2) is 0 Å². The third-order valence-electron chi connectivity index (χ3n) is 2.03. The van der Waals surface area contributed by atoms with Crippen LogP contribution >= 0.6 is 0 Å². The molecule has 14 heavy (non-hydrogen) atoms. The lowest BCUT2D eigenvalue weighted by atomic mass is 10.6. The SMILES string of the molecule is CCN(C)C(=O)NCCn1ccnc1. The average Bonchev–Trinajstić information content (AvgIpc) is 2.69. The molecule has 1 aromatic heterocycles. The molecule has 1 heterocycles. The summed E-state index contributed by atoms with van der Waals surface area (Å²) in [5, 5.41) is 2.81. The molecule has 0 atom stereocenters. The lowest BCUT2D eigenvalue weighted by Gasteiger charge is -2.15. The Balaban J connectivity index is 2.18. The highest BCUT2D eigenvalue weighted by molar-refractivity contribution is 5.73. The van der Waals surface area contributed by atoms with E-state index in [0.29, 0.717) is 6.54 Å². The number of rotatable bonds is 4. The second-order valence-corrected chi connectivity index (χ2v) is 3.05. The quantitative estimate of drug-likeness (QED) is 0.764. The molecule has 0 aliphatic carbocycles. The van der Waals surface area contributed by atoms with Gasteiger partial charge in [-0.2, -0.15) is 0 Å². The van der Waals surface area contributed by atoms with E-state index >= 15 is 0 Å². The Morgan fingerprint density at radius 3 is 3.00 bits per heavy atom. The molecular formula is C9H16N4O. The lowest BCUT2D eigenvalue weighted by Crippen LogP contribution is -2.38. The molecule has 1 rings (SSSR count). The molecule has 0 bridgehead atoms. The van der Waals surface area contributed by atoms with E-state index in [1.165, 1.54) is 0 Å². The summed E-state index contributed by atoms with van der Waals surface area (Å²) >= 11 is 0. The molecule has 0 aliphatic rings. The van der Waals surface area contributed by atoms with E-state index in [9.17, 15) is 4.79 Å². The van der Waals surface area contributed by atoms with Gasteiger partial charge in [-0.15, -0.1) is 0 Å². The largest absolute Gasteiger partial charge is 0.336 e. The second-order valence-electron chi connectivity index (χ2n) is 3.05. The molecule has 0 unspecified atom stereocenters. The summed E-state index contributed by atoms with van der Waals surface area (Å²) in [6.07, 6.45) is 5.32. The molecule has 0 saturated heterocycles. The fourth-order valence-electron chi connectivity index (χ4n) is 0.990. The van der Waals surface area contributed by atoms with Crippen molar-refractivity contribution < 1.29 is 4.79 Å². The van der Waals surface area contributed by atoms with E-state index in [-0.39, 0.29) is 6.03 Å². The van der Waals surface area contributed by atoms with Crippen LogP contribution in [0.25, 0.3) is 0 Å². The molecule has 0 aliphatic heterocycles. The number of imidazole rings is 1. The Bertz CT molecular complexity index is 270. The molecular weight excluding hydrogens is 180 g/mol. The van der Waals surface area contributed by atoms with E-state index in [4.69, 9.17) is 0 Å². The van der Waals surface area contributed by atoms with Gasteiger partial charge in [-0.3, -0.25) is 0 Å². The van der Waals surface area contributed by atoms with Crippen molar-refractivity contribution in [2.24, 2.45) is 0 Å². The predicted octanol–water partition coefficient (Wildman–Crippen LogP) is 0.544. The van der Waals surface area contributed by atoms with Crippen molar-refractivity contribution in [3.8, 4) is 0 Å². The summed E-state index contributed by atoms with van der Waals surface area (Å²) in [7, 11) is 1.77. The van der Waals surface area contributed by atoms with Gasteiger partial charge in [0.2, 0.25) is 0 Å². The molecule has 78 valence electrons. The molecule has 5 nitrogen and oxygen atoms in total. The summed E-state index contributed by atoms with van der Waals surface area (Å²) < 4.78 is 1.92. The van der Waals surface area contributed by atoms with Crippen LogP contribution in [0.15, 0.2) is 18.7 Å². The fourth-order valence-corrected chi connectivity index (χ4v) is 0.990. The number of hydrogen-bond acceptors (Lipinski definition) is 2. The van der Waals surface area contributed by atoms with Crippen LogP contribution in [0.5, 0.6) is 0 Å². The first kappa shape index (κ1) is 10.6. The van der Waals surface area contributed by atoms with Gasteiger partial charge in [0, 0.05) is 39.1 Å². The van der Waals surface area contributed by atoms with Crippen molar-refractivity contribution >= 4 is 6.03 Å². The van der Waals surface area contributed by atoms with Crippen LogP contribution in [0.1, 0.15) is 6.92 Å². The van der Waals surface area contributed by atoms with Gasteiger partial charge in [-0.25, -0.2) is 9.78 Å². The summed E-state index contributed by atoms with van der Waals surface area (Å²) in [4.78, 5) is 16.8. The number of amides is 2. The molecule has 2 amide bonds. The van der Waals surface area contributed by atoms with E-state index in [0.717, 1.165) is 13.1 Å². The first-order valence-electron chi connectivity index (χ1n) is 4.68. The Kier molecular flexibility index (Phi) is 3.97. The minimum Gasteiger partial charge on any atom is -0.336 e. The lowest BCUT2D eigenvalue weighted by molar-refractivity contribution is 0.210. The zero-order chi connectivity index (χ0) is 10.4. The van der Waals surface area contributed by atoms with Gasteiger partial charge in [0.1, 0.15) is 0 Å².